The number of aryl methyl sites for hydroxylation is 1. The summed E-state index contributed by atoms with van der Waals surface area (Å²) in [6.45, 7) is 2.04. The molecule has 0 saturated heterocycles. The third-order valence-corrected chi connectivity index (χ3v) is 3.48. The van der Waals surface area contributed by atoms with Crippen molar-refractivity contribution in [1.82, 2.24) is 9.97 Å². The minimum Gasteiger partial charge on any atom is -0.508 e. The summed E-state index contributed by atoms with van der Waals surface area (Å²) in [5, 5.41) is 18.8. The number of aromatic hydroxyl groups is 2. The average Bonchev–Trinajstić information content (AvgIpc) is 2.56. The molecule has 0 spiro atoms. The van der Waals surface area contributed by atoms with Gasteiger partial charge in [-0.1, -0.05) is 6.92 Å². The molecule has 0 aliphatic carbocycles. The van der Waals surface area contributed by atoms with Crippen molar-refractivity contribution in [2.75, 3.05) is 0 Å². The maximum atomic E-state index is 9.39. The Kier molecular flexibility index (Phi) is 3.74. The molecule has 0 aliphatic heterocycles. The summed E-state index contributed by atoms with van der Waals surface area (Å²) in [6, 6.07) is 13.9. The molecule has 2 aromatic carbocycles. The maximum Gasteiger partial charge on any atom is 0.115 e. The summed E-state index contributed by atoms with van der Waals surface area (Å²) in [7, 11) is 0. The fraction of sp³-hybridized carbons (Fsp3) is 0.111. The number of hydrogen-bond donors (Lipinski definition) is 2. The first-order valence-electron chi connectivity index (χ1n) is 7.12. The standard InChI is InChI=1S/C18H16N2O2/c1-2-16-18(13-5-9-15(22)10-6-13)19-11-17(20-16)12-3-7-14(21)8-4-12/h3-11,21-22H,2H2,1H3. The van der Waals surface area contributed by atoms with Gasteiger partial charge in [0.2, 0.25) is 0 Å². The summed E-state index contributed by atoms with van der Waals surface area (Å²) < 4.78 is 0. The van der Waals surface area contributed by atoms with Gasteiger partial charge in [-0.15, -0.1) is 0 Å². The van der Waals surface area contributed by atoms with E-state index >= 15 is 0 Å². The lowest BCUT2D eigenvalue weighted by Gasteiger charge is -2.09. The van der Waals surface area contributed by atoms with E-state index in [1.807, 2.05) is 31.2 Å². The van der Waals surface area contributed by atoms with Crippen LogP contribution in [0.15, 0.2) is 54.7 Å². The van der Waals surface area contributed by atoms with Crippen LogP contribution in [-0.2, 0) is 6.42 Å². The first-order chi connectivity index (χ1) is 10.7. The monoisotopic (exact) mass is 292 g/mol. The number of nitrogens with zero attached hydrogens (tertiary/aromatic N) is 2. The topological polar surface area (TPSA) is 66.2 Å². The second kappa shape index (κ2) is 5.85. The molecule has 0 unspecified atom stereocenters. The average molecular weight is 292 g/mol. The van der Waals surface area contributed by atoms with Crippen LogP contribution in [0.25, 0.3) is 22.5 Å². The van der Waals surface area contributed by atoms with Gasteiger partial charge in [0.05, 0.1) is 23.3 Å². The number of aromatic nitrogens is 2. The van der Waals surface area contributed by atoms with Crippen molar-refractivity contribution < 1.29 is 10.2 Å². The summed E-state index contributed by atoms with van der Waals surface area (Å²) in [4.78, 5) is 9.22. The molecular weight excluding hydrogens is 276 g/mol. The fourth-order valence-corrected chi connectivity index (χ4v) is 2.31. The van der Waals surface area contributed by atoms with E-state index in [9.17, 15) is 10.2 Å². The van der Waals surface area contributed by atoms with Crippen molar-refractivity contribution in [3.63, 3.8) is 0 Å². The molecule has 0 amide bonds. The second-order valence-corrected chi connectivity index (χ2v) is 5.00. The van der Waals surface area contributed by atoms with Crippen LogP contribution < -0.4 is 0 Å². The summed E-state index contributed by atoms with van der Waals surface area (Å²) >= 11 is 0. The van der Waals surface area contributed by atoms with E-state index in [0.29, 0.717) is 0 Å². The number of hydrogen-bond acceptors (Lipinski definition) is 4. The van der Waals surface area contributed by atoms with Crippen LogP contribution in [-0.4, -0.2) is 20.2 Å². The molecular formula is C18H16N2O2. The van der Waals surface area contributed by atoms with E-state index < -0.39 is 0 Å². The predicted molar refractivity (Wildman–Crippen MR) is 85.6 cm³/mol. The lowest BCUT2D eigenvalue weighted by Crippen LogP contribution is -1.98. The van der Waals surface area contributed by atoms with Gasteiger partial charge in [-0.25, -0.2) is 4.98 Å². The first kappa shape index (κ1) is 14.1. The van der Waals surface area contributed by atoms with Crippen LogP contribution in [0.3, 0.4) is 0 Å². The predicted octanol–water partition coefficient (Wildman–Crippen LogP) is 3.78. The van der Waals surface area contributed by atoms with Gasteiger partial charge in [-0.05, 0) is 55.0 Å². The molecule has 4 nitrogen and oxygen atoms in total. The van der Waals surface area contributed by atoms with Gasteiger partial charge in [0.15, 0.2) is 0 Å². The van der Waals surface area contributed by atoms with Crippen LogP contribution in [0.1, 0.15) is 12.6 Å². The number of phenolic OH excluding ortho intramolecular Hbond substituents is 2. The molecule has 3 aromatic rings. The van der Waals surface area contributed by atoms with Gasteiger partial charge < -0.3 is 10.2 Å². The van der Waals surface area contributed by atoms with Gasteiger partial charge in [-0.2, -0.15) is 0 Å². The molecule has 0 aliphatic rings. The Bertz CT molecular complexity index is 781. The molecule has 2 N–H and O–H groups in total. The third kappa shape index (κ3) is 2.76. The van der Waals surface area contributed by atoms with Gasteiger partial charge in [-0.3, -0.25) is 4.98 Å². The molecule has 3 rings (SSSR count). The number of phenols is 2. The molecule has 0 bridgehead atoms. The Morgan fingerprint density at radius 2 is 1.36 bits per heavy atom. The molecule has 110 valence electrons. The number of rotatable bonds is 3. The quantitative estimate of drug-likeness (QED) is 0.771. The van der Waals surface area contributed by atoms with Gasteiger partial charge in [0.1, 0.15) is 11.5 Å². The fourth-order valence-electron chi connectivity index (χ4n) is 2.31. The Labute approximate surface area is 128 Å². The SMILES string of the molecule is CCc1nc(-c2ccc(O)cc2)cnc1-c1ccc(O)cc1. The molecule has 22 heavy (non-hydrogen) atoms. The lowest BCUT2D eigenvalue weighted by atomic mass is 10.1. The highest BCUT2D eigenvalue weighted by Gasteiger charge is 2.10. The van der Waals surface area contributed by atoms with E-state index in [2.05, 4.69) is 9.97 Å². The van der Waals surface area contributed by atoms with E-state index in [4.69, 9.17) is 0 Å². The van der Waals surface area contributed by atoms with E-state index in [1.54, 1.807) is 30.5 Å². The minimum atomic E-state index is 0.230. The van der Waals surface area contributed by atoms with Gasteiger partial charge >= 0.3 is 0 Å². The molecule has 0 saturated carbocycles. The zero-order valence-corrected chi connectivity index (χ0v) is 12.2. The zero-order valence-electron chi connectivity index (χ0n) is 12.2. The van der Waals surface area contributed by atoms with Crippen molar-refractivity contribution in [2.45, 2.75) is 13.3 Å². The molecule has 0 atom stereocenters. The maximum absolute atomic E-state index is 9.39. The Hall–Kier alpha value is -2.88. The highest BCUT2D eigenvalue weighted by atomic mass is 16.3. The van der Waals surface area contributed by atoms with Crippen molar-refractivity contribution in [2.24, 2.45) is 0 Å². The van der Waals surface area contributed by atoms with Crippen LogP contribution in [0.2, 0.25) is 0 Å². The van der Waals surface area contributed by atoms with Crippen molar-refractivity contribution in [1.29, 1.82) is 0 Å². The van der Waals surface area contributed by atoms with Crippen LogP contribution in [0.5, 0.6) is 11.5 Å². The summed E-state index contributed by atoms with van der Waals surface area (Å²) in [5.74, 6) is 0.462. The molecule has 0 fully saturated rings. The normalized spacial score (nSPS) is 10.6. The zero-order chi connectivity index (χ0) is 15.5. The van der Waals surface area contributed by atoms with Crippen LogP contribution in [0.4, 0.5) is 0 Å². The molecule has 0 radical (unpaired) electrons. The smallest absolute Gasteiger partial charge is 0.115 e. The van der Waals surface area contributed by atoms with Crippen LogP contribution in [0, 0.1) is 0 Å². The van der Waals surface area contributed by atoms with Crippen LogP contribution >= 0.6 is 0 Å². The Morgan fingerprint density at radius 3 is 1.91 bits per heavy atom. The third-order valence-electron chi connectivity index (χ3n) is 3.48. The highest BCUT2D eigenvalue weighted by molar-refractivity contribution is 5.66. The van der Waals surface area contributed by atoms with E-state index in [1.165, 1.54) is 0 Å². The second-order valence-electron chi connectivity index (χ2n) is 5.00. The largest absolute Gasteiger partial charge is 0.508 e. The van der Waals surface area contributed by atoms with Gasteiger partial charge in [0, 0.05) is 11.1 Å². The molecule has 4 heteroatoms. The highest BCUT2D eigenvalue weighted by Crippen LogP contribution is 2.26. The Balaban J connectivity index is 2.04. The van der Waals surface area contributed by atoms with E-state index in [-0.39, 0.29) is 11.5 Å². The summed E-state index contributed by atoms with van der Waals surface area (Å²) in [6.07, 6.45) is 2.49. The van der Waals surface area contributed by atoms with Crippen molar-refractivity contribution >= 4 is 0 Å². The summed E-state index contributed by atoms with van der Waals surface area (Å²) in [5.41, 5.74) is 4.34. The minimum absolute atomic E-state index is 0.230. The van der Waals surface area contributed by atoms with Crippen molar-refractivity contribution in [3.05, 3.63) is 60.4 Å². The van der Waals surface area contributed by atoms with E-state index in [0.717, 1.165) is 34.6 Å². The molecule has 1 heterocycles. The number of benzene rings is 2. The Morgan fingerprint density at radius 1 is 0.818 bits per heavy atom. The van der Waals surface area contributed by atoms with Crippen molar-refractivity contribution in [3.8, 4) is 34.0 Å². The van der Waals surface area contributed by atoms with Gasteiger partial charge in [0.25, 0.3) is 0 Å². The molecule has 1 aromatic heterocycles. The first-order valence-corrected chi connectivity index (χ1v) is 7.12. The lowest BCUT2D eigenvalue weighted by molar-refractivity contribution is 0.475.